The molecule has 22 heavy (non-hydrogen) atoms. The van der Waals surface area contributed by atoms with Gasteiger partial charge in [0.1, 0.15) is 0 Å². The van der Waals surface area contributed by atoms with E-state index in [-0.39, 0.29) is 17.5 Å². The van der Waals surface area contributed by atoms with E-state index < -0.39 is 9.84 Å². The number of aromatic nitrogens is 3. The summed E-state index contributed by atoms with van der Waals surface area (Å²) in [7, 11) is -2.94. The first kappa shape index (κ1) is 15.0. The van der Waals surface area contributed by atoms with E-state index in [0.29, 0.717) is 28.9 Å². The fourth-order valence-corrected chi connectivity index (χ4v) is 4.08. The molecule has 1 aromatic carbocycles. The van der Waals surface area contributed by atoms with Gasteiger partial charge in [-0.25, -0.2) is 8.42 Å². The summed E-state index contributed by atoms with van der Waals surface area (Å²) in [6.45, 7) is 0. The van der Waals surface area contributed by atoms with Crippen LogP contribution in [0.1, 0.15) is 6.42 Å². The minimum Gasteiger partial charge on any atom is -0.365 e. The molecular weight excluding hydrogens is 326 g/mol. The van der Waals surface area contributed by atoms with Crippen LogP contribution in [0, 0.1) is 0 Å². The van der Waals surface area contributed by atoms with Crippen molar-refractivity contribution in [3.05, 3.63) is 35.5 Å². The van der Waals surface area contributed by atoms with Gasteiger partial charge in [-0.05, 0) is 18.6 Å². The largest absolute Gasteiger partial charge is 0.365 e. The number of hydrogen-bond acceptors (Lipinski definition) is 7. The number of sulfone groups is 1. The molecule has 9 heteroatoms. The standard InChI is InChI=1S/C13H14ClN5O2S/c14-10-3-1-2-4-11(10)17-13-18-12(7-15-19-13)16-9-5-6-22(20,21)8-9/h1-4,7,9H,5-6,8H2,(H2,16,17,18,19). The smallest absolute Gasteiger partial charge is 0.249 e. The number of rotatable bonds is 4. The maximum atomic E-state index is 11.5. The van der Waals surface area contributed by atoms with Crippen LogP contribution in [0.2, 0.25) is 5.02 Å². The second-order valence-corrected chi connectivity index (χ2v) is 7.65. The molecule has 116 valence electrons. The highest BCUT2D eigenvalue weighted by atomic mass is 35.5. The predicted octanol–water partition coefficient (Wildman–Crippen LogP) is 1.87. The molecule has 2 aromatic rings. The van der Waals surface area contributed by atoms with Crippen molar-refractivity contribution in [3.8, 4) is 0 Å². The third-order valence-corrected chi connectivity index (χ3v) is 5.36. The molecule has 0 bridgehead atoms. The Morgan fingerprint density at radius 2 is 2.09 bits per heavy atom. The highest BCUT2D eigenvalue weighted by Crippen LogP contribution is 2.23. The van der Waals surface area contributed by atoms with Gasteiger partial charge in [0, 0.05) is 6.04 Å². The van der Waals surface area contributed by atoms with Gasteiger partial charge in [0.2, 0.25) is 5.95 Å². The maximum Gasteiger partial charge on any atom is 0.249 e. The van der Waals surface area contributed by atoms with Crippen LogP contribution in [0.3, 0.4) is 0 Å². The Hall–Kier alpha value is -1.93. The first-order chi connectivity index (χ1) is 10.5. The summed E-state index contributed by atoms with van der Waals surface area (Å²) in [6.07, 6.45) is 2.03. The fraction of sp³-hybridized carbons (Fsp3) is 0.308. The maximum absolute atomic E-state index is 11.5. The van der Waals surface area contributed by atoms with E-state index in [4.69, 9.17) is 11.6 Å². The van der Waals surface area contributed by atoms with Gasteiger partial charge in [-0.15, -0.1) is 5.10 Å². The lowest BCUT2D eigenvalue weighted by molar-refractivity contribution is 0.602. The normalized spacial score (nSPS) is 19.8. The Balaban J connectivity index is 1.72. The second kappa shape index (κ2) is 6.05. The van der Waals surface area contributed by atoms with Gasteiger partial charge in [-0.1, -0.05) is 23.7 Å². The average molecular weight is 340 g/mol. The number of hydrogen-bond donors (Lipinski definition) is 2. The zero-order valence-electron chi connectivity index (χ0n) is 11.5. The summed E-state index contributed by atoms with van der Waals surface area (Å²) in [4.78, 5) is 4.27. The summed E-state index contributed by atoms with van der Waals surface area (Å²) in [5.41, 5.74) is 0.673. The number of anilines is 3. The SMILES string of the molecule is O=S1(=O)CCC(Nc2cnnc(Nc3ccccc3Cl)n2)C1. The summed E-state index contributed by atoms with van der Waals surface area (Å²) in [6, 6.07) is 7.08. The number of nitrogens with zero attached hydrogens (tertiary/aromatic N) is 3. The second-order valence-electron chi connectivity index (χ2n) is 5.01. The van der Waals surface area contributed by atoms with Gasteiger partial charge < -0.3 is 10.6 Å². The van der Waals surface area contributed by atoms with E-state index in [1.54, 1.807) is 12.1 Å². The molecule has 7 nitrogen and oxygen atoms in total. The quantitative estimate of drug-likeness (QED) is 0.877. The highest BCUT2D eigenvalue weighted by Gasteiger charge is 2.28. The molecule has 0 aliphatic carbocycles. The van der Waals surface area contributed by atoms with Crippen LogP contribution in [-0.2, 0) is 9.84 Å². The molecule has 0 radical (unpaired) electrons. The summed E-state index contributed by atoms with van der Waals surface area (Å²) in [5.74, 6) is 1.09. The summed E-state index contributed by atoms with van der Waals surface area (Å²) >= 11 is 6.06. The van der Waals surface area contributed by atoms with Crippen LogP contribution < -0.4 is 10.6 Å². The number of halogens is 1. The van der Waals surface area contributed by atoms with Crippen LogP contribution in [0.25, 0.3) is 0 Å². The van der Waals surface area contributed by atoms with Crippen molar-refractivity contribution in [2.75, 3.05) is 22.1 Å². The van der Waals surface area contributed by atoms with Gasteiger partial charge in [-0.2, -0.15) is 10.1 Å². The van der Waals surface area contributed by atoms with Gasteiger partial charge in [0.15, 0.2) is 15.7 Å². The van der Waals surface area contributed by atoms with Crippen LogP contribution in [0.5, 0.6) is 0 Å². The molecule has 2 N–H and O–H groups in total. The third-order valence-electron chi connectivity index (χ3n) is 3.26. The van der Waals surface area contributed by atoms with E-state index in [2.05, 4.69) is 25.8 Å². The molecule has 0 amide bonds. The minimum absolute atomic E-state index is 0.115. The molecule has 1 aliphatic heterocycles. The first-order valence-electron chi connectivity index (χ1n) is 6.70. The van der Waals surface area contributed by atoms with E-state index in [1.165, 1.54) is 6.20 Å². The molecule has 0 spiro atoms. The van der Waals surface area contributed by atoms with E-state index in [9.17, 15) is 8.42 Å². The van der Waals surface area contributed by atoms with Gasteiger partial charge in [0.25, 0.3) is 0 Å². The molecule has 2 heterocycles. The molecule has 1 aromatic heterocycles. The van der Waals surface area contributed by atoms with Crippen molar-refractivity contribution in [1.29, 1.82) is 0 Å². The predicted molar refractivity (Wildman–Crippen MR) is 85.2 cm³/mol. The van der Waals surface area contributed by atoms with Crippen LogP contribution in [0.15, 0.2) is 30.5 Å². The van der Waals surface area contributed by atoms with E-state index in [0.717, 1.165) is 0 Å². The van der Waals surface area contributed by atoms with Crippen molar-refractivity contribution in [2.45, 2.75) is 12.5 Å². The Labute approximate surface area is 133 Å². The van der Waals surface area contributed by atoms with E-state index >= 15 is 0 Å². The molecule has 1 fully saturated rings. The zero-order chi connectivity index (χ0) is 15.6. The topological polar surface area (TPSA) is 96.9 Å². The van der Waals surface area contributed by atoms with Gasteiger partial charge >= 0.3 is 0 Å². The number of para-hydroxylation sites is 1. The minimum atomic E-state index is -2.94. The Kier molecular flexibility index (Phi) is 4.12. The van der Waals surface area contributed by atoms with Crippen molar-refractivity contribution in [3.63, 3.8) is 0 Å². The molecule has 1 aliphatic rings. The van der Waals surface area contributed by atoms with E-state index in [1.807, 2.05) is 12.1 Å². The zero-order valence-corrected chi connectivity index (χ0v) is 13.1. The van der Waals surface area contributed by atoms with Crippen molar-refractivity contribution < 1.29 is 8.42 Å². The van der Waals surface area contributed by atoms with Crippen LogP contribution in [0.4, 0.5) is 17.5 Å². The number of nitrogens with one attached hydrogen (secondary N) is 2. The molecule has 1 unspecified atom stereocenters. The highest BCUT2D eigenvalue weighted by molar-refractivity contribution is 7.91. The average Bonchev–Trinajstić information content (AvgIpc) is 2.81. The van der Waals surface area contributed by atoms with Crippen LogP contribution in [-0.4, -0.2) is 41.1 Å². The van der Waals surface area contributed by atoms with Gasteiger partial charge in [0.05, 0.1) is 28.4 Å². The van der Waals surface area contributed by atoms with Crippen LogP contribution >= 0.6 is 11.6 Å². The lowest BCUT2D eigenvalue weighted by Crippen LogP contribution is -2.21. The molecule has 1 saturated heterocycles. The molecule has 1 atom stereocenters. The lowest BCUT2D eigenvalue weighted by atomic mass is 10.3. The lowest BCUT2D eigenvalue weighted by Gasteiger charge is -2.12. The molecule has 0 saturated carbocycles. The Morgan fingerprint density at radius 3 is 2.82 bits per heavy atom. The van der Waals surface area contributed by atoms with Gasteiger partial charge in [-0.3, -0.25) is 0 Å². The molecular formula is C13H14ClN5O2S. The summed E-state index contributed by atoms with van der Waals surface area (Å²) in [5, 5.41) is 14.3. The number of benzene rings is 1. The first-order valence-corrected chi connectivity index (χ1v) is 8.90. The fourth-order valence-electron chi connectivity index (χ4n) is 2.23. The van der Waals surface area contributed by atoms with Crippen molar-refractivity contribution >= 4 is 38.9 Å². The van der Waals surface area contributed by atoms with Crippen molar-refractivity contribution in [2.24, 2.45) is 0 Å². The third kappa shape index (κ3) is 3.63. The Bertz CT molecular complexity index is 784. The van der Waals surface area contributed by atoms with Crippen molar-refractivity contribution in [1.82, 2.24) is 15.2 Å². The monoisotopic (exact) mass is 339 g/mol. The molecule has 3 rings (SSSR count). The Morgan fingerprint density at radius 1 is 1.27 bits per heavy atom. The summed E-state index contributed by atoms with van der Waals surface area (Å²) < 4.78 is 22.9.